The molecule has 5 nitrogen and oxygen atoms in total. The van der Waals surface area contributed by atoms with Gasteiger partial charge in [-0.1, -0.05) is 27.7 Å². The summed E-state index contributed by atoms with van der Waals surface area (Å²) >= 11 is 0. The standard InChI is InChI=1S/C27H42O5/c1-14-7-10-27(31-13-14)15(2)21-20(32-27)12-19-18-6-5-16-11-17(28)8-9-25(16,3)22(18)23(29)24(30)26(19,21)4/h14-23,28-29H,5-13H2,1-4H3/t14-,15+,16+,17+,18+,19+,20+,21+,22-,23+,25+,26+,27-/m1/s1. The van der Waals surface area contributed by atoms with Gasteiger partial charge < -0.3 is 19.7 Å². The van der Waals surface area contributed by atoms with E-state index in [4.69, 9.17) is 9.47 Å². The Hall–Kier alpha value is -0.490. The maximum absolute atomic E-state index is 14.1. The fourth-order valence-electron chi connectivity index (χ4n) is 10.1. The van der Waals surface area contributed by atoms with Crippen molar-refractivity contribution in [3.8, 4) is 0 Å². The van der Waals surface area contributed by atoms with Gasteiger partial charge in [0.25, 0.3) is 0 Å². The first-order valence-corrected chi connectivity index (χ1v) is 13.3. The Kier molecular flexibility index (Phi) is 4.83. The molecule has 1 spiro atoms. The fraction of sp³-hybridized carbons (Fsp3) is 0.963. The van der Waals surface area contributed by atoms with E-state index in [1.165, 1.54) is 0 Å². The lowest BCUT2D eigenvalue weighted by molar-refractivity contribution is -0.273. The van der Waals surface area contributed by atoms with Crippen LogP contribution in [0.25, 0.3) is 0 Å². The second kappa shape index (κ2) is 7.02. The average Bonchev–Trinajstić information content (AvgIpc) is 3.20. The molecule has 4 aliphatic carbocycles. The van der Waals surface area contributed by atoms with Crippen LogP contribution in [0.5, 0.6) is 0 Å². The molecule has 6 fully saturated rings. The molecule has 0 bridgehead atoms. The zero-order valence-corrected chi connectivity index (χ0v) is 20.3. The molecule has 2 aliphatic heterocycles. The molecule has 0 amide bonds. The number of carbonyl (C=O) groups is 1. The Bertz CT molecular complexity index is 789. The lowest BCUT2D eigenvalue weighted by Crippen LogP contribution is -2.64. The summed E-state index contributed by atoms with van der Waals surface area (Å²) in [6.45, 7) is 9.67. The third-order valence-corrected chi connectivity index (χ3v) is 11.8. The van der Waals surface area contributed by atoms with Gasteiger partial charge in [-0.3, -0.25) is 4.79 Å². The van der Waals surface area contributed by atoms with Crippen molar-refractivity contribution in [1.29, 1.82) is 0 Å². The van der Waals surface area contributed by atoms with Crippen molar-refractivity contribution in [3.63, 3.8) is 0 Å². The molecule has 32 heavy (non-hydrogen) atoms. The highest BCUT2D eigenvalue weighted by Gasteiger charge is 2.73. The van der Waals surface area contributed by atoms with Gasteiger partial charge in [0.1, 0.15) is 6.10 Å². The number of Topliss-reactive ketones (excluding diaryl/α,β-unsaturated/α-hetero) is 1. The van der Waals surface area contributed by atoms with Crippen LogP contribution in [-0.2, 0) is 14.3 Å². The summed E-state index contributed by atoms with van der Waals surface area (Å²) in [6.07, 6.45) is 6.60. The number of hydrogen-bond acceptors (Lipinski definition) is 5. The van der Waals surface area contributed by atoms with E-state index >= 15 is 0 Å². The Morgan fingerprint density at radius 3 is 2.47 bits per heavy atom. The molecule has 180 valence electrons. The molecule has 2 N–H and O–H groups in total. The second-order valence-corrected chi connectivity index (χ2v) is 13.1. The van der Waals surface area contributed by atoms with Crippen LogP contribution in [0.15, 0.2) is 0 Å². The zero-order valence-electron chi connectivity index (χ0n) is 20.3. The maximum Gasteiger partial charge on any atom is 0.171 e. The predicted molar refractivity (Wildman–Crippen MR) is 120 cm³/mol. The lowest BCUT2D eigenvalue weighted by atomic mass is 9.43. The van der Waals surface area contributed by atoms with E-state index in [9.17, 15) is 15.0 Å². The van der Waals surface area contributed by atoms with Crippen molar-refractivity contribution >= 4 is 5.78 Å². The summed E-state index contributed by atoms with van der Waals surface area (Å²) in [5.74, 6) is 1.47. The van der Waals surface area contributed by atoms with Gasteiger partial charge in [-0.25, -0.2) is 0 Å². The normalized spacial score (nSPS) is 61.8. The highest BCUT2D eigenvalue weighted by Crippen LogP contribution is 2.70. The molecule has 0 aromatic heterocycles. The van der Waals surface area contributed by atoms with Gasteiger partial charge in [0, 0.05) is 29.6 Å². The van der Waals surface area contributed by atoms with Crippen molar-refractivity contribution in [2.45, 2.75) is 103 Å². The van der Waals surface area contributed by atoms with Crippen LogP contribution in [-0.4, -0.2) is 46.7 Å². The van der Waals surface area contributed by atoms with Crippen LogP contribution in [0.1, 0.15) is 79.1 Å². The molecule has 6 aliphatic rings. The number of ether oxygens (including phenoxy) is 2. The third kappa shape index (κ3) is 2.63. The van der Waals surface area contributed by atoms with Crippen molar-refractivity contribution < 1.29 is 24.5 Å². The number of ketones is 1. The number of hydrogen-bond donors (Lipinski definition) is 2. The average molecular weight is 447 g/mol. The van der Waals surface area contributed by atoms with Crippen LogP contribution < -0.4 is 0 Å². The molecule has 4 saturated carbocycles. The molecule has 6 rings (SSSR count). The van der Waals surface area contributed by atoms with Crippen LogP contribution in [0, 0.1) is 52.3 Å². The Morgan fingerprint density at radius 2 is 1.75 bits per heavy atom. The summed E-state index contributed by atoms with van der Waals surface area (Å²) in [5.41, 5.74) is -0.579. The summed E-state index contributed by atoms with van der Waals surface area (Å²) in [4.78, 5) is 14.1. The molecule has 5 heteroatoms. The molecule has 0 radical (unpaired) electrons. The Morgan fingerprint density at radius 1 is 0.969 bits per heavy atom. The predicted octanol–water partition coefficient (Wildman–Crippen LogP) is 3.94. The molecule has 2 heterocycles. The first-order chi connectivity index (χ1) is 15.1. The van der Waals surface area contributed by atoms with E-state index in [-0.39, 0.29) is 47.1 Å². The van der Waals surface area contributed by atoms with Gasteiger partial charge in [-0.15, -0.1) is 0 Å². The van der Waals surface area contributed by atoms with Gasteiger partial charge in [0.2, 0.25) is 0 Å². The number of aliphatic hydroxyl groups is 2. The smallest absolute Gasteiger partial charge is 0.171 e. The van der Waals surface area contributed by atoms with Crippen molar-refractivity contribution in [3.05, 3.63) is 0 Å². The Balaban J connectivity index is 1.34. The van der Waals surface area contributed by atoms with Crippen molar-refractivity contribution in [2.75, 3.05) is 6.61 Å². The van der Waals surface area contributed by atoms with Crippen LogP contribution in [0.3, 0.4) is 0 Å². The van der Waals surface area contributed by atoms with Crippen molar-refractivity contribution in [1.82, 2.24) is 0 Å². The van der Waals surface area contributed by atoms with Crippen molar-refractivity contribution in [2.24, 2.45) is 52.3 Å². The quantitative estimate of drug-likeness (QED) is 0.589. The molecule has 2 saturated heterocycles. The third-order valence-electron chi connectivity index (χ3n) is 11.8. The molecule has 13 atom stereocenters. The van der Waals surface area contributed by atoms with E-state index in [1.807, 2.05) is 0 Å². The van der Waals surface area contributed by atoms with Gasteiger partial charge in [-0.2, -0.15) is 0 Å². The van der Waals surface area contributed by atoms with Crippen LogP contribution >= 0.6 is 0 Å². The van der Waals surface area contributed by atoms with E-state index in [0.717, 1.165) is 58.0 Å². The van der Waals surface area contributed by atoms with E-state index in [2.05, 4.69) is 27.7 Å². The minimum absolute atomic E-state index is 0.0224. The summed E-state index contributed by atoms with van der Waals surface area (Å²) in [5, 5.41) is 21.9. The zero-order chi connectivity index (χ0) is 22.6. The first kappa shape index (κ1) is 22.0. The minimum Gasteiger partial charge on any atom is -0.393 e. The number of aliphatic hydroxyl groups excluding tert-OH is 2. The summed E-state index contributed by atoms with van der Waals surface area (Å²) < 4.78 is 13.1. The highest BCUT2D eigenvalue weighted by molar-refractivity contribution is 5.91. The van der Waals surface area contributed by atoms with Gasteiger partial charge in [0.15, 0.2) is 11.6 Å². The number of carbonyl (C=O) groups excluding carboxylic acids is 1. The first-order valence-electron chi connectivity index (χ1n) is 13.3. The largest absolute Gasteiger partial charge is 0.393 e. The molecule has 0 aromatic rings. The van der Waals surface area contributed by atoms with Crippen LogP contribution in [0.4, 0.5) is 0 Å². The molecular formula is C27H42O5. The molecular weight excluding hydrogens is 404 g/mol. The summed E-state index contributed by atoms with van der Waals surface area (Å²) in [6, 6.07) is 0. The van der Waals surface area contributed by atoms with E-state index in [0.29, 0.717) is 17.8 Å². The SMILES string of the molecule is C[C@@H]1CC[C@@]2(OC1)O[C@H]1C[C@H]3[C@@H]4CC[C@H]5C[C@@H](O)CC[C@]5(C)[C@H]4[C@H](O)C(=O)[C@]3(C)[C@H]1[C@@H]2C. The second-order valence-electron chi connectivity index (χ2n) is 13.1. The Labute approximate surface area is 192 Å². The topological polar surface area (TPSA) is 76.0 Å². The van der Waals surface area contributed by atoms with Gasteiger partial charge in [0.05, 0.1) is 18.8 Å². The lowest BCUT2D eigenvalue weighted by Gasteiger charge is -2.61. The summed E-state index contributed by atoms with van der Waals surface area (Å²) in [7, 11) is 0. The minimum atomic E-state index is -0.890. The number of fused-ring (bicyclic) bond motifs is 7. The van der Waals surface area contributed by atoms with E-state index < -0.39 is 17.3 Å². The van der Waals surface area contributed by atoms with Gasteiger partial charge in [-0.05, 0) is 74.0 Å². The fourth-order valence-corrected chi connectivity index (χ4v) is 10.1. The van der Waals surface area contributed by atoms with E-state index in [1.54, 1.807) is 0 Å². The van der Waals surface area contributed by atoms with Crippen LogP contribution in [0.2, 0.25) is 0 Å². The molecule has 0 aromatic carbocycles. The highest BCUT2D eigenvalue weighted by atomic mass is 16.7. The maximum atomic E-state index is 14.1. The number of rotatable bonds is 0. The monoisotopic (exact) mass is 446 g/mol. The van der Waals surface area contributed by atoms with Gasteiger partial charge >= 0.3 is 0 Å². The molecule has 0 unspecified atom stereocenters.